The zero-order valence-corrected chi connectivity index (χ0v) is 19.3. The summed E-state index contributed by atoms with van der Waals surface area (Å²) in [7, 11) is 3.49. The summed E-state index contributed by atoms with van der Waals surface area (Å²) in [5.74, 6) is 2.50. The molecule has 0 spiro atoms. The van der Waals surface area contributed by atoms with Crippen LogP contribution in [-0.2, 0) is 4.79 Å². The standard InChI is InChI=1S/C23H35N5O3/c1-6-27(7-2)21(30)15-26(4)23-24-20-14-18(31-5)8-9-19(20)22(25-23)28-12-10-17(11-13-28)16(3)29/h8-9,14,16-17,29H,6-7,10-13,15H2,1-5H3/t16-/m1/s1. The number of aromatic nitrogens is 2. The summed E-state index contributed by atoms with van der Waals surface area (Å²) in [6, 6.07) is 5.83. The first-order valence-corrected chi connectivity index (χ1v) is 11.2. The summed E-state index contributed by atoms with van der Waals surface area (Å²) >= 11 is 0. The van der Waals surface area contributed by atoms with Crippen LogP contribution in [0.25, 0.3) is 10.9 Å². The largest absolute Gasteiger partial charge is 0.497 e. The Hall–Kier alpha value is -2.61. The molecule has 2 aromatic rings. The molecule has 0 bridgehead atoms. The van der Waals surface area contributed by atoms with Crippen LogP contribution in [-0.4, -0.2) is 78.9 Å². The molecule has 1 aliphatic heterocycles. The molecule has 1 saturated heterocycles. The molecule has 0 radical (unpaired) electrons. The van der Waals surface area contributed by atoms with Crippen LogP contribution < -0.4 is 14.5 Å². The fourth-order valence-corrected chi connectivity index (χ4v) is 4.16. The number of benzene rings is 1. The fourth-order valence-electron chi connectivity index (χ4n) is 4.16. The predicted octanol–water partition coefficient (Wildman–Crippen LogP) is 2.54. The highest BCUT2D eigenvalue weighted by Crippen LogP contribution is 2.32. The molecule has 1 N–H and O–H groups in total. The number of anilines is 2. The first-order valence-electron chi connectivity index (χ1n) is 11.2. The second-order valence-electron chi connectivity index (χ2n) is 8.22. The Kier molecular flexibility index (Phi) is 7.54. The topological polar surface area (TPSA) is 82.0 Å². The maximum absolute atomic E-state index is 12.6. The molecule has 1 amide bonds. The van der Waals surface area contributed by atoms with Crippen molar-refractivity contribution in [2.24, 2.45) is 5.92 Å². The number of aliphatic hydroxyl groups is 1. The van der Waals surface area contributed by atoms with E-state index in [0.29, 0.717) is 25.0 Å². The number of piperidine rings is 1. The van der Waals surface area contributed by atoms with Crippen LogP contribution in [0.5, 0.6) is 5.75 Å². The second kappa shape index (κ2) is 10.1. The van der Waals surface area contributed by atoms with Gasteiger partial charge < -0.3 is 24.5 Å². The van der Waals surface area contributed by atoms with Crippen molar-refractivity contribution in [3.8, 4) is 5.75 Å². The Balaban J connectivity index is 1.94. The van der Waals surface area contributed by atoms with E-state index in [1.165, 1.54) is 0 Å². The van der Waals surface area contributed by atoms with Crippen molar-refractivity contribution in [1.82, 2.24) is 14.9 Å². The highest BCUT2D eigenvalue weighted by molar-refractivity contribution is 5.92. The molecular weight excluding hydrogens is 394 g/mol. The quantitative estimate of drug-likeness (QED) is 0.690. The Morgan fingerprint density at radius 2 is 1.94 bits per heavy atom. The fraction of sp³-hybridized carbons (Fsp3) is 0.609. The van der Waals surface area contributed by atoms with Crippen molar-refractivity contribution in [2.45, 2.75) is 39.7 Å². The molecule has 1 aromatic carbocycles. The molecule has 1 atom stereocenters. The summed E-state index contributed by atoms with van der Waals surface area (Å²) in [5, 5.41) is 10.9. The number of rotatable bonds is 8. The lowest BCUT2D eigenvalue weighted by Gasteiger charge is -2.35. The summed E-state index contributed by atoms with van der Waals surface area (Å²) in [5.41, 5.74) is 0.791. The van der Waals surface area contributed by atoms with Crippen molar-refractivity contribution in [3.05, 3.63) is 18.2 Å². The van der Waals surface area contributed by atoms with Gasteiger partial charge in [-0.3, -0.25) is 4.79 Å². The monoisotopic (exact) mass is 429 g/mol. The van der Waals surface area contributed by atoms with Gasteiger partial charge in [-0.15, -0.1) is 0 Å². The normalized spacial score (nSPS) is 15.7. The van der Waals surface area contributed by atoms with Crippen LogP contribution in [0.3, 0.4) is 0 Å². The van der Waals surface area contributed by atoms with Gasteiger partial charge in [-0.25, -0.2) is 4.98 Å². The highest BCUT2D eigenvalue weighted by atomic mass is 16.5. The minimum Gasteiger partial charge on any atom is -0.497 e. The van der Waals surface area contributed by atoms with E-state index in [4.69, 9.17) is 14.7 Å². The van der Waals surface area contributed by atoms with E-state index in [-0.39, 0.29) is 18.6 Å². The van der Waals surface area contributed by atoms with Crippen LogP contribution in [0.2, 0.25) is 0 Å². The Morgan fingerprint density at radius 1 is 1.26 bits per heavy atom. The average molecular weight is 430 g/mol. The molecular formula is C23H35N5O3. The third-order valence-corrected chi connectivity index (χ3v) is 6.22. The highest BCUT2D eigenvalue weighted by Gasteiger charge is 2.26. The minimum atomic E-state index is -0.290. The summed E-state index contributed by atoms with van der Waals surface area (Å²) in [6.45, 7) is 9.08. The van der Waals surface area contributed by atoms with Gasteiger partial charge in [0.1, 0.15) is 11.6 Å². The molecule has 1 aromatic heterocycles. The average Bonchev–Trinajstić information content (AvgIpc) is 2.78. The van der Waals surface area contributed by atoms with Gasteiger partial charge in [0.15, 0.2) is 0 Å². The zero-order valence-electron chi connectivity index (χ0n) is 19.3. The molecule has 31 heavy (non-hydrogen) atoms. The molecule has 0 unspecified atom stereocenters. The molecule has 2 heterocycles. The zero-order chi connectivity index (χ0) is 22.5. The maximum Gasteiger partial charge on any atom is 0.242 e. The molecule has 1 aliphatic rings. The van der Waals surface area contributed by atoms with E-state index in [2.05, 4.69) is 4.90 Å². The van der Waals surface area contributed by atoms with Crippen LogP contribution in [0.4, 0.5) is 11.8 Å². The SMILES string of the molecule is CCN(CC)C(=O)CN(C)c1nc(N2CCC([C@@H](C)O)CC2)c2ccc(OC)cc2n1. The van der Waals surface area contributed by atoms with E-state index in [1.807, 2.05) is 55.8 Å². The van der Waals surface area contributed by atoms with Crippen molar-refractivity contribution >= 4 is 28.6 Å². The molecule has 0 aliphatic carbocycles. The van der Waals surface area contributed by atoms with Gasteiger partial charge in [-0.2, -0.15) is 4.98 Å². The van der Waals surface area contributed by atoms with Crippen molar-refractivity contribution in [1.29, 1.82) is 0 Å². The van der Waals surface area contributed by atoms with Gasteiger partial charge in [0.05, 0.1) is 25.3 Å². The number of fused-ring (bicyclic) bond motifs is 1. The van der Waals surface area contributed by atoms with E-state index in [0.717, 1.165) is 48.4 Å². The van der Waals surface area contributed by atoms with Gasteiger partial charge in [-0.1, -0.05) is 0 Å². The van der Waals surface area contributed by atoms with Crippen molar-refractivity contribution in [2.75, 3.05) is 56.7 Å². The number of hydrogen-bond acceptors (Lipinski definition) is 7. The smallest absolute Gasteiger partial charge is 0.242 e. The number of methoxy groups -OCH3 is 1. The van der Waals surface area contributed by atoms with Crippen LogP contribution in [0, 0.1) is 5.92 Å². The van der Waals surface area contributed by atoms with E-state index in [1.54, 1.807) is 7.11 Å². The minimum absolute atomic E-state index is 0.0566. The van der Waals surface area contributed by atoms with Gasteiger partial charge >= 0.3 is 0 Å². The van der Waals surface area contributed by atoms with E-state index < -0.39 is 0 Å². The first-order chi connectivity index (χ1) is 14.9. The number of aliphatic hydroxyl groups excluding tert-OH is 1. The predicted molar refractivity (Wildman–Crippen MR) is 124 cm³/mol. The van der Waals surface area contributed by atoms with E-state index in [9.17, 15) is 9.90 Å². The van der Waals surface area contributed by atoms with Crippen LogP contribution in [0.15, 0.2) is 18.2 Å². The van der Waals surface area contributed by atoms with Gasteiger partial charge in [0.2, 0.25) is 11.9 Å². The maximum atomic E-state index is 12.6. The van der Waals surface area contributed by atoms with Gasteiger partial charge in [0, 0.05) is 44.7 Å². The number of carbonyl (C=O) groups is 1. The lowest BCUT2D eigenvalue weighted by molar-refractivity contribution is -0.129. The summed E-state index contributed by atoms with van der Waals surface area (Å²) in [6.07, 6.45) is 1.55. The lowest BCUT2D eigenvalue weighted by Crippen LogP contribution is -2.40. The van der Waals surface area contributed by atoms with Crippen molar-refractivity contribution < 1.29 is 14.6 Å². The number of nitrogens with zero attached hydrogens (tertiary/aromatic N) is 5. The number of likely N-dealkylation sites (N-methyl/N-ethyl adjacent to an activating group) is 2. The Labute approximate surface area is 184 Å². The number of carbonyl (C=O) groups excluding carboxylic acids is 1. The molecule has 8 heteroatoms. The van der Waals surface area contributed by atoms with Crippen LogP contribution >= 0.6 is 0 Å². The Bertz CT molecular complexity index is 892. The second-order valence-corrected chi connectivity index (χ2v) is 8.22. The first kappa shape index (κ1) is 23.1. The Morgan fingerprint density at radius 3 is 2.52 bits per heavy atom. The molecule has 8 nitrogen and oxygen atoms in total. The molecule has 1 fully saturated rings. The third kappa shape index (κ3) is 5.18. The molecule has 170 valence electrons. The number of ether oxygens (including phenoxy) is 1. The molecule has 3 rings (SSSR count). The summed E-state index contributed by atoms with van der Waals surface area (Å²) < 4.78 is 5.40. The summed E-state index contributed by atoms with van der Waals surface area (Å²) in [4.78, 5) is 28.1. The number of hydrogen-bond donors (Lipinski definition) is 1. The lowest BCUT2D eigenvalue weighted by atomic mass is 9.92. The number of amides is 1. The van der Waals surface area contributed by atoms with Gasteiger partial charge in [-0.05, 0) is 51.7 Å². The molecule has 0 saturated carbocycles. The van der Waals surface area contributed by atoms with Crippen molar-refractivity contribution in [3.63, 3.8) is 0 Å². The van der Waals surface area contributed by atoms with Gasteiger partial charge in [0.25, 0.3) is 0 Å². The van der Waals surface area contributed by atoms with E-state index >= 15 is 0 Å². The van der Waals surface area contributed by atoms with Crippen LogP contribution in [0.1, 0.15) is 33.6 Å². The third-order valence-electron chi connectivity index (χ3n) is 6.22.